The van der Waals surface area contributed by atoms with Crippen LogP contribution in [0.5, 0.6) is 11.5 Å². The monoisotopic (exact) mass is 338 g/mol. The number of hydrogen-bond donors (Lipinski definition) is 0. The predicted molar refractivity (Wildman–Crippen MR) is 84.2 cm³/mol. The van der Waals surface area contributed by atoms with Crippen molar-refractivity contribution in [3.05, 3.63) is 57.6 Å². The van der Waals surface area contributed by atoms with E-state index in [1.807, 2.05) is 0 Å². The summed E-state index contributed by atoms with van der Waals surface area (Å²) in [5.74, 6) is -0.0486. The maximum Gasteiger partial charge on any atom is 0.308 e. The van der Waals surface area contributed by atoms with E-state index in [2.05, 4.69) is 0 Å². The van der Waals surface area contributed by atoms with Crippen LogP contribution in [0.25, 0.3) is 0 Å². The quantitative estimate of drug-likeness (QED) is 0.477. The number of ketones is 1. The molecule has 0 heterocycles. The first kappa shape index (κ1) is 16.3. The van der Waals surface area contributed by atoms with Gasteiger partial charge in [0.15, 0.2) is 11.5 Å². The Balaban J connectivity index is 2.37. The van der Waals surface area contributed by atoms with Gasteiger partial charge in [0.2, 0.25) is 0 Å². The number of hydrogen-bond acceptors (Lipinski definition) is 4. The van der Waals surface area contributed by atoms with Gasteiger partial charge in [-0.2, -0.15) is 0 Å². The Morgan fingerprint density at radius 1 is 0.955 bits per heavy atom. The Morgan fingerprint density at radius 2 is 1.59 bits per heavy atom. The third-order valence-electron chi connectivity index (χ3n) is 2.90. The lowest BCUT2D eigenvalue weighted by atomic mass is 10.0. The molecule has 0 radical (unpaired) electrons. The van der Waals surface area contributed by atoms with Crippen LogP contribution in [-0.2, 0) is 4.79 Å². The molecule has 0 saturated carbocycles. The minimum atomic E-state index is -0.521. The van der Waals surface area contributed by atoms with Gasteiger partial charge in [-0.1, -0.05) is 23.2 Å². The maximum absolute atomic E-state index is 12.5. The molecule has 0 N–H and O–H groups in total. The summed E-state index contributed by atoms with van der Waals surface area (Å²) in [6.45, 7) is 1.25. The molecule has 6 heteroatoms. The second-order valence-electron chi connectivity index (χ2n) is 4.39. The average molecular weight is 339 g/mol. The topological polar surface area (TPSA) is 52.6 Å². The van der Waals surface area contributed by atoms with E-state index in [1.165, 1.54) is 19.1 Å². The van der Waals surface area contributed by atoms with E-state index in [4.69, 9.17) is 32.7 Å². The number of halogens is 2. The predicted octanol–water partition coefficient (Wildman–Crippen LogP) is 4.16. The van der Waals surface area contributed by atoms with Crippen LogP contribution < -0.4 is 9.47 Å². The molecule has 0 amide bonds. The van der Waals surface area contributed by atoms with Gasteiger partial charge < -0.3 is 9.47 Å². The summed E-state index contributed by atoms with van der Waals surface area (Å²) in [6.07, 6.45) is 0. The zero-order chi connectivity index (χ0) is 16.3. The minimum absolute atomic E-state index is 0.0243. The SMILES string of the molecule is COc1ccc(C(=O)c2ccc(OC(C)=O)c(Cl)c2Cl)cc1. The van der Waals surface area contributed by atoms with Gasteiger partial charge >= 0.3 is 5.97 Å². The van der Waals surface area contributed by atoms with Gasteiger partial charge in [0.1, 0.15) is 10.8 Å². The van der Waals surface area contributed by atoms with Crippen LogP contribution in [0.15, 0.2) is 36.4 Å². The molecule has 0 bridgehead atoms. The molecule has 114 valence electrons. The molecule has 0 atom stereocenters. The lowest BCUT2D eigenvalue weighted by Crippen LogP contribution is -2.05. The number of rotatable bonds is 4. The van der Waals surface area contributed by atoms with Gasteiger partial charge in [-0.15, -0.1) is 0 Å². The molecule has 0 saturated heterocycles. The van der Waals surface area contributed by atoms with Gasteiger partial charge in [-0.3, -0.25) is 9.59 Å². The fourth-order valence-corrected chi connectivity index (χ4v) is 2.28. The summed E-state index contributed by atoms with van der Waals surface area (Å²) in [7, 11) is 1.54. The van der Waals surface area contributed by atoms with E-state index in [9.17, 15) is 9.59 Å². The highest BCUT2D eigenvalue weighted by Gasteiger charge is 2.18. The highest BCUT2D eigenvalue weighted by molar-refractivity contribution is 6.45. The van der Waals surface area contributed by atoms with E-state index < -0.39 is 5.97 Å². The molecule has 2 aromatic carbocycles. The average Bonchev–Trinajstić information content (AvgIpc) is 2.51. The lowest BCUT2D eigenvalue weighted by Gasteiger charge is -2.09. The summed E-state index contributed by atoms with van der Waals surface area (Å²) in [5, 5.41) is 0.0671. The molecular formula is C16H12Cl2O4. The van der Waals surface area contributed by atoms with E-state index >= 15 is 0 Å². The normalized spacial score (nSPS) is 10.2. The summed E-state index contributed by atoms with van der Waals surface area (Å²) in [5.41, 5.74) is 0.673. The molecule has 0 fully saturated rings. The van der Waals surface area contributed by atoms with Crippen molar-refractivity contribution in [3.63, 3.8) is 0 Å². The van der Waals surface area contributed by atoms with Gasteiger partial charge in [0, 0.05) is 18.1 Å². The van der Waals surface area contributed by atoms with Gasteiger partial charge in [0.25, 0.3) is 0 Å². The second-order valence-corrected chi connectivity index (χ2v) is 5.15. The number of carbonyl (C=O) groups is 2. The van der Waals surface area contributed by atoms with E-state index in [0.29, 0.717) is 11.3 Å². The van der Waals surface area contributed by atoms with Gasteiger partial charge in [-0.05, 0) is 36.4 Å². The summed E-state index contributed by atoms with van der Waals surface area (Å²) >= 11 is 12.2. The Kier molecular flexibility index (Phi) is 5.06. The molecule has 0 aliphatic carbocycles. The zero-order valence-corrected chi connectivity index (χ0v) is 13.4. The number of esters is 1. The molecule has 0 aromatic heterocycles. The number of methoxy groups -OCH3 is 1. The zero-order valence-electron chi connectivity index (χ0n) is 11.9. The van der Waals surface area contributed by atoms with Crippen molar-refractivity contribution >= 4 is 35.0 Å². The van der Waals surface area contributed by atoms with Gasteiger partial charge in [0.05, 0.1) is 12.1 Å². The van der Waals surface area contributed by atoms with Crippen LogP contribution in [0.3, 0.4) is 0 Å². The molecule has 0 spiro atoms. The van der Waals surface area contributed by atoms with E-state index in [0.717, 1.165) is 0 Å². The van der Waals surface area contributed by atoms with Crippen LogP contribution in [0, 0.1) is 0 Å². The van der Waals surface area contributed by atoms with Crippen LogP contribution in [0.1, 0.15) is 22.8 Å². The number of ether oxygens (including phenoxy) is 2. The Bertz CT molecular complexity index is 724. The first-order valence-electron chi connectivity index (χ1n) is 6.29. The summed E-state index contributed by atoms with van der Waals surface area (Å²) < 4.78 is 9.96. The van der Waals surface area contributed by atoms with E-state index in [-0.39, 0.29) is 27.1 Å². The van der Waals surface area contributed by atoms with Crippen molar-refractivity contribution in [2.45, 2.75) is 6.92 Å². The first-order chi connectivity index (χ1) is 10.4. The fourth-order valence-electron chi connectivity index (χ4n) is 1.84. The third kappa shape index (κ3) is 3.40. The maximum atomic E-state index is 12.5. The Labute approximate surface area is 137 Å². The molecule has 2 rings (SSSR count). The smallest absolute Gasteiger partial charge is 0.308 e. The van der Waals surface area contributed by atoms with Crippen molar-refractivity contribution in [1.82, 2.24) is 0 Å². The van der Waals surface area contributed by atoms with Crippen molar-refractivity contribution < 1.29 is 19.1 Å². The first-order valence-corrected chi connectivity index (χ1v) is 7.04. The third-order valence-corrected chi connectivity index (χ3v) is 3.76. The Morgan fingerprint density at radius 3 is 2.14 bits per heavy atom. The highest BCUT2D eigenvalue weighted by Crippen LogP contribution is 2.35. The fraction of sp³-hybridized carbons (Fsp3) is 0.125. The van der Waals surface area contributed by atoms with Crippen molar-refractivity contribution in [3.8, 4) is 11.5 Å². The molecule has 0 aliphatic heterocycles. The molecular weight excluding hydrogens is 327 g/mol. The largest absolute Gasteiger partial charge is 0.497 e. The standard InChI is InChI=1S/C16H12Cl2O4/c1-9(19)22-13-8-7-12(14(17)15(13)18)16(20)10-3-5-11(21-2)6-4-10/h3-8H,1-2H3. The minimum Gasteiger partial charge on any atom is -0.497 e. The highest BCUT2D eigenvalue weighted by atomic mass is 35.5. The molecule has 0 aliphatic rings. The van der Waals surface area contributed by atoms with E-state index in [1.54, 1.807) is 31.4 Å². The molecule has 2 aromatic rings. The summed E-state index contributed by atoms with van der Waals surface area (Å²) in [6, 6.07) is 9.52. The number of benzene rings is 2. The lowest BCUT2D eigenvalue weighted by molar-refractivity contribution is -0.131. The Hall–Kier alpha value is -2.04. The molecule has 22 heavy (non-hydrogen) atoms. The van der Waals surface area contributed by atoms with Crippen molar-refractivity contribution in [1.29, 1.82) is 0 Å². The number of carbonyl (C=O) groups excluding carboxylic acids is 2. The van der Waals surface area contributed by atoms with Crippen LogP contribution >= 0.6 is 23.2 Å². The summed E-state index contributed by atoms with van der Waals surface area (Å²) in [4.78, 5) is 23.4. The van der Waals surface area contributed by atoms with Crippen molar-refractivity contribution in [2.24, 2.45) is 0 Å². The van der Waals surface area contributed by atoms with Crippen LogP contribution in [-0.4, -0.2) is 18.9 Å². The molecule has 4 nitrogen and oxygen atoms in total. The second kappa shape index (κ2) is 6.81. The van der Waals surface area contributed by atoms with Crippen LogP contribution in [0.2, 0.25) is 10.0 Å². The van der Waals surface area contributed by atoms with Crippen LogP contribution in [0.4, 0.5) is 0 Å². The van der Waals surface area contributed by atoms with Gasteiger partial charge in [-0.25, -0.2) is 0 Å². The molecule has 0 unspecified atom stereocenters. The van der Waals surface area contributed by atoms with Crippen molar-refractivity contribution in [2.75, 3.05) is 7.11 Å².